The molecule has 7 N–H and O–H groups in total. The van der Waals surface area contributed by atoms with Crippen molar-refractivity contribution in [3.05, 3.63) is 236 Å². The lowest BCUT2D eigenvalue weighted by atomic mass is 9.98. The van der Waals surface area contributed by atoms with Gasteiger partial charge in [0.25, 0.3) is 0 Å². The number of aromatic hydroxyl groups is 5. The van der Waals surface area contributed by atoms with E-state index in [0.29, 0.717) is 81.2 Å². The molecule has 0 unspecified atom stereocenters. The molecule has 626 valence electrons. The van der Waals surface area contributed by atoms with E-state index in [1.54, 1.807) is 83.6 Å². The Morgan fingerprint density at radius 3 is 1.27 bits per heavy atom. The lowest BCUT2D eigenvalue weighted by Crippen LogP contribution is -2.24. The third-order valence-electron chi connectivity index (χ3n) is 19.6. The molecule has 0 radical (unpaired) electrons. The van der Waals surface area contributed by atoms with E-state index in [9.17, 15) is 25.5 Å². The van der Waals surface area contributed by atoms with Gasteiger partial charge < -0.3 is 82.9 Å². The van der Waals surface area contributed by atoms with Crippen molar-refractivity contribution in [3.8, 4) is 131 Å². The smallest absolute Gasteiger partial charge is 0.200 e. The summed E-state index contributed by atoms with van der Waals surface area (Å²) >= 11 is 3.38. The first-order chi connectivity index (χ1) is 58.1. The Morgan fingerprint density at radius 2 is 0.826 bits per heavy atom. The number of fused-ring (bicyclic) bond motifs is 2. The van der Waals surface area contributed by atoms with Gasteiger partial charge in [-0.2, -0.15) is 0 Å². The maximum absolute atomic E-state index is 10.9. The molecule has 0 spiro atoms. The molecule has 0 saturated heterocycles. The molecular formula is C95H99N9O15S2. The van der Waals surface area contributed by atoms with Gasteiger partial charge in [0.1, 0.15) is 22.9 Å². The number of nitrogens with zero attached hydrogens (tertiary/aromatic N) is 7. The Hall–Kier alpha value is -13.6. The number of phenols is 5. The molecule has 26 heteroatoms. The van der Waals surface area contributed by atoms with Gasteiger partial charge in [-0.25, -0.2) is 15.0 Å². The van der Waals surface area contributed by atoms with Crippen molar-refractivity contribution in [1.82, 2.24) is 29.9 Å². The summed E-state index contributed by atoms with van der Waals surface area (Å²) in [5.41, 5.74) is 20.5. The van der Waals surface area contributed by atoms with E-state index in [2.05, 4.69) is 97.8 Å². The van der Waals surface area contributed by atoms with Crippen LogP contribution in [0.15, 0.2) is 207 Å². The molecular weight excluding hydrogens is 1570 g/mol. The number of ether oxygens (including phenoxy) is 10. The van der Waals surface area contributed by atoms with Crippen molar-refractivity contribution < 1.29 is 72.9 Å². The van der Waals surface area contributed by atoms with Gasteiger partial charge in [0.05, 0.1) is 107 Å². The molecule has 3 aliphatic rings. The number of aromatic nitrogens is 6. The zero-order valence-corrected chi connectivity index (χ0v) is 72.5. The number of aryl methyl sites for hydroxylation is 2. The number of aromatic amines is 2. The summed E-state index contributed by atoms with van der Waals surface area (Å²) in [6.07, 6.45) is 6.55. The van der Waals surface area contributed by atoms with E-state index in [1.807, 2.05) is 121 Å². The predicted octanol–water partition coefficient (Wildman–Crippen LogP) is 21.5. The highest BCUT2D eigenvalue weighted by atomic mass is 32.1. The first-order valence-corrected chi connectivity index (χ1v) is 40.6. The van der Waals surface area contributed by atoms with Crippen molar-refractivity contribution in [2.75, 3.05) is 56.9 Å². The minimum absolute atomic E-state index is 0.00373. The number of aliphatic imine (C=N–C) groups is 3. The van der Waals surface area contributed by atoms with E-state index < -0.39 is 11.2 Å². The first-order valence-electron chi connectivity index (χ1n) is 38.8. The molecule has 9 heterocycles. The molecule has 24 nitrogen and oxygen atoms in total. The van der Waals surface area contributed by atoms with Crippen LogP contribution >= 0.6 is 22.7 Å². The van der Waals surface area contributed by atoms with Crippen molar-refractivity contribution in [3.63, 3.8) is 0 Å². The van der Waals surface area contributed by atoms with Crippen LogP contribution in [0.25, 0.3) is 66.9 Å². The summed E-state index contributed by atoms with van der Waals surface area (Å²) < 4.78 is 53.8. The van der Waals surface area contributed by atoms with Crippen LogP contribution in [-0.2, 0) is 6.42 Å². The standard InChI is InChI=1S/C27H30N2O3S.C19H20N2O3.C18H19NO3.C17H17NO3S.C14H13N3O3/c1-26(2,3)31-19-15-18(16-20(24(19)30)32-27(4,5)6)25-28-22(17-11-8-7-9-12-17)23(29-25)21-13-10-14-33-21;1-4-14-13(15-7-5-6-8-20-15)11-16(21-14)12-9-17(23-2)19(22)18(10-12)24-3;1-10-5-6-11(2)17-13(10)9-14(19-17)12-7-15(21-3)18(20)16(8-12)22-4;1-10-12(16-5-4-6-22-16)9-13(18-10)11-7-14(20-2)17(19)15(8-11)21-3;1-19-10-6-8(7-11(20-2)12(10)18)13-16-9-4-3-5-15-14(9)17-13/h7-16,30H,1-6H3,(H,28,29);5-10,22H,4,11H2,1-3H3;5-8,20H,9H2,1-4H3;4-8,19H,9H2,1-3H3;3-7,18H,1-2H3,(H,15,16,17). The Balaban J connectivity index is 0.000000140. The van der Waals surface area contributed by atoms with Crippen LogP contribution in [0.5, 0.6) is 86.2 Å². The highest BCUT2D eigenvalue weighted by Gasteiger charge is 2.29. The summed E-state index contributed by atoms with van der Waals surface area (Å²) in [5, 5.41) is 55.0. The SMILES string of the molecule is CC(C)(C)Oc1cc(-c2nc(-c3ccccc3)c(-c3cccs3)[nH]2)cc(OC(C)(C)C)c1O.CCC1=C(c2ccccn2)CC(c2cc(OC)c(O)c(OC)c2)=N1.COc1cc(-c2nc3ncccc3[nH]2)cc(OC)c1O.COc1cc(C2=NC(C)=C(c3cccs3)C2)cc(OC)c1O.COc1cc(C2=Nc3c(C)ccc(C)c3C2)cc(OC)c1O. The van der Waals surface area contributed by atoms with Crippen molar-refractivity contribution in [2.24, 2.45) is 15.0 Å². The van der Waals surface area contributed by atoms with Crippen molar-refractivity contribution >= 4 is 67.8 Å². The predicted molar refractivity (Wildman–Crippen MR) is 479 cm³/mol. The number of hydrogen-bond donors (Lipinski definition) is 7. The zero-order valence-electron chi connectivity index (χ0n) is 70.9. The van der Waals surface area contributed by atoms with Gasteiger partial charge in [-0.15, -0.1) is 22.7 Å². The summed E-state index contributed by atoms with van der Waals surface area (Å²) in [5.74, 6) is 4.94. The van der Waals surface area contributed by atoms with E-state index in [-0.39, 0.29) is 28.7 Å². The van der Waals surface area contributed by atoms with E-state index >= 15 is 0 Å². The number of phenolic OH excluding ortho intramolecular Hbond substituents is 5. The molecule has 0 amide bonds. The summed E-state index contributed by atoms with van der Waals surface area (Å²) in [6, 6.07) is 50.0. The normalized spacial score (nSPS) is 12.7. The number of benzene rings is 7. The minimum atomic E-state index is -0.490. The number of nitrogens with one attached hydrogen (secondary N) is 2. The number of allylic oxidation sites excluding steroid dienone is 4. The fourth-order valence-corrected chi connectivity index (χ4v) is 15.2. The maximum atomic E-state index is 10.9. The summed E-state index contributed by atoms with van der Waals surface area (Å²) in [7, 11) is 12.1. The molecule has 7 aromatic carbocycles. The van der Waals surface area contributed by atoms with Gasteiger partial charge >= 0.3 is 0 Å². The number of hydrogen-bond acceptors (Lipinski definition) is 24. The quantitative estimate of drug-likeness (QED) is 0.0373. The highest BCUT2D eigenvalue weighted by Crippen LogP contribution is 2.48. The Kier molecular flexibility index (Phi) is 27.2. The second kappa shape index (κ2) is 38.0. The molecule has 0 bridgehead atoms. The van der Waals surface area contributed by atoms with Gasteiger partial charge in [0.2, 0.25) is 28.7 Å². The molecule has 0 saturated carbocycles. The number of H-pyrrole nitrogens is 2. The fraction of sp³-hybridized carbons (Fsp3) is 0.253. The number of thiophene rings is 2. The summed E-state index contributed by atoms with van der Waals surface area (Å²) in [4.78, 5) is 41.3. The molecule has 0 atom stereocenters. The van der Waals surface area contributed by atoms with Crippen LogP contribution in [0.4, 0.5) is 5.69 Å². The first kappa shape index (κ1) is 86.7. The van der Waals surface area contributed by atoms with Crippen LogP contribution in [-0.4, -0.2) is 141 Å². The number of methoxy groups -OCH3 is 8. The van der Waals surface area contributed by atoms with Gasteiger partial charge in [-0.1, -0.05) is 67.6 Å². The lowest BCUT2D eigenvalue weighted by molar-refractivity contribution is 0.112. The zero-order chi connectivity index (χ0) is 86.6. The van der Waals surface area contributed by atoms with E-state index in [1.165, 1.54) is 84.0 Å². The largest absolute Gasteiger partial charge is 0.502 e. The second-order valence-corrected chi connectivity index (χ2v) is 31.9. The Labute approximate surface area is 711 Å². The van der Waals surface area contributed by atoms with Crippen molar-refractivity contribution in [1.29, 1.82) is 0 Å². The molecule has 0 aliphatic carbocycles. The van der Waals surface area contributed by atoms with Gasteiger partial charge in [-0.3, -0.25) is 20.0 Å². The van der Waals surface area contributed by atoms with Crippen LogP contribution in [0.1, 0.15) is 119 Å². The fourth-order valence-electron chi connectivity index (χ4n) is 13.6. The van der Waals surface area contributed by atoms with Gasteiger partial charge in [-0.05, 0) is 199 Å². The third kappa shape index (κ3) is 20.1. The van der Waals surface area contributed by atoms with Gasteiger partial charge in [0, 0.05) is 86.9 Å². The Bertz CT molecular complexity index is 5870. The molecule has 121 heavy (non-hydrogen) atoms. The molecule has 3 aliphatic heterocycles. The maximum Gasteiger partial charge on any atom is 0.200 e. The van der Waals surface area contributed by atoms with Crippen LogP contribution in [0.2, 0.25) is 0 Å². The van der Waals surface area contributed by atoms with Crippen LogP contribution in [0.3, 0.4) is 0 Å². The van der Waals surface area contributed by atoms with E-state index in [4.69, 9.17) is 62.3 Å². The molecule has 16 rings (SSSR count). The van der Waals surface area contributed by atoms with Crippen LogP contribution in [0, 0.1) is 13.8 Å². The van der Waals surface area contributed by atoms with Crippen molar-refractivity contribution in [2.45, 2.75) is 106 Å². The number of rotatable bonds is 20. The topological polar surface area (TPSA) is 314 Å². The average Bonchev–Trinajstić information content (AvgIpc) is 1.56. The summed E-state index contributed by atoms with van der Waals surface area (Å²) in [6.45, 7) is 19.9. The second-order valence-electron chi connectivity index (χ2n) is 30.0. The number of imidazole rings is 2. The minimum Gasteiger partial charge on any atom is -0.502 e. The molecule has 13 aromatic rings. The van der Waals surface area contributed by atoms with Gasteiger partial charge in [0.15, 0.2) is 63.1 Å². The Morgan fingerprint density at radius 1 is 0.397 bits per heavy atom. The monoisotopic (exact) mass is 1670 g/mol. The molecule has 6 aromatic heterocycles. The molecule has 0 fully saturated rings. The number of pyridine rings is 2. The lowest BCUT2D eigenvalue weighted by Gasteiger charge is -2.26. The van der Waals surface area contributed by atoms with E-state index in [0.717, 1.165) is 120 Å². The third-order valence-corrected chi connectivity index (χ3v) is 21.4. The highest BCUT2D eigenvalue weighted by molar-refractivity contribution is 7.13. The average molecular weight is 1670 g/mol. The van der Waals surface area contributed by atoms with Crippen LogP contribution < -0.4 is 47.4 Å².